The minimum Gasteiger partial charge on any atom is -0.344 e. The largest absolute Gasteiger partial charge is 0.344 e. The first-order valence-electron chi connectivity index (χ1n) is 8.57. The minimum atomic E-state index is -0.500. The molecule has 2 aliphatic rings. The van der Waals surface area contributed by atoms with Crippen LogP contribution < -0.4 is 10.2 Å². The van der Waals surface area contributed by atoms with Gasteiger partial charge in [-0.3, -0.25) is 9.59 Å². The van der Waals surface area contributed by atoms with E-state index >= 15 is 0 Å². The van der Waals surface area contributed by atoms with Crippen molar-refractivity contribution in [3.05, 3.63) is 29.8 Å². The quantitative estimate of drug-likeness (QED) is 0.809. The Hall–Kier alpha value is -2.68. The Balaban J connectivity index is 1.55. The van der Waals surface area contributed by atoms with Crippen LogP contribution in [0, 0.1) is 12.3 Å². The van der Waals surface area contributed by atoms with Gasteiger partial charge in [-0.2, -0.15) is 10.2 Å². The van der Waals surface area contributed by atoms with Gasteiger partial charge in [0.1, 0.15) is 6.04 Å². The van der Waals surface area contributed by atoms with Gasteiger partial charge in [-0.25, -0.2) is 0 Å². The van der Waals surface area contributed by atoms with Crippen LogP contribution in [0.15, 0.2) is 34.5 Å². The fourth-order valence-corrected chi connectivity index (χ4v) is 3.21. The summed E-state index contributed by atoms with van der Waals surface area (Å²) in [6.45, 7) is 0. The van der Waals surface area contributed by atoms with Gasteiger partial charge in [-0.05, 0) is 24.5 Å². The molecular formula is C19H22N4O2. The van der Waals surface area contributed by atoms with Crippen molar-refractivity contribution >= 4 is 17.5 Å². The average molecular weight is 338 g/mol. The number of benzene rings is 1. The van der Waals surface area contributed by atoms with E-state index in [9.17, 15) is 9.59 Å². The van der Waals surface area contributed by atoms with E-state index in [1.54, 1.807) is 11.9 Å². The van der Waals surface area contributed by atoms with Crippen molar-refractivity contribution in [1.82, 2.24) is 5.32 Å². The van der Waals surface area contributed by atoms with Crippen LogP contribution in [0.4, 0.5) is 5.69 Å². The van der Waals surface area contributed by atoms with Crippen LogP contribution in [0.25, 0.3) is 0 Å². The Kier molecular flexibility index (Phi) is 4.84. The van der Waals surface area contributed by atoms with E-state index in [1.165, 1.54) is 0 Å². The first-order valence-corrected chi connectivity index (χ1v) is 8.57. The van der Waals surface area contributed by atoms with Crippen molar-refractivity contribution in [3.63, 3.8) is 0 Å². The SMILES string of the molecule is C#CCCC1(CCC(=O)NC2CCc3ccccc3N(C)C2=O)N=N1. The van der Waals surface area contributed by atoms with Gasteiger partial charge in [0.15, 0.2) is 5.66 Å². The van der Waals surface area contributed by atoms with Gasteiger partial charge in [-0.15, -0.1) is 12.3 Å². The summed E-state index contributed by atoms with van der Waals surface area (Å²) in [5, 5.41) is 10.9. The lowest BCUT2D eigenvalue weighted by Crippen LogP contribution is -2.46. The first kappa shape index (κ1) is 17.2. The normalized spacial score (nSPS) is 20.4. The third-order valence-electron chi connectivity index (χ3n) is 4.82. The number of hydrogen-bond donors (Lipinski definition) is 1. The van der Waals surface area contributed by atoms with Gasteiger partial charge in [0.2, 0.25) is 11.8 Å². The zero-order valence-corrected chi connectivity index (χ0v) is 14.4. The maximum Gasteiger partial charge on any atom is 0.249 e. The van der Waals surface area contributed by atoms with E-state index in [2.05, 4.69) is 21.5 Å². The highest BCUT2D eigenvalue weighted by molar-refractivity contribution is 6.00. The number of carbonyl (C=O) groups is 2. The van der Waals surface area contributed by atoms with Crippen molar-refractivity contribution in [2.45, 2.75) is 50.2 Å². The summed E-state index contributed by atoms with van der Waals surface area (Å²) in [5.74, 6) is 2.35. The van der Waals surface area contributed by atoms with Crippen LogP contribution in [0.1, 0.15) is 37.7 Å². The molecule has 1 atom stereocenters. The third-order valence-corrected chi connectivity index (χ3v) is 4.82. The molecule has 1 unspecified atom stereocenters. The summed E-state index contributed by atoms with van der Waals surface area (Å²) in [5.41, 5.74) is 1.57. The summed E-state index contributed by atoms with van der Waals surface area (Å²) < 4.78 is 0. The van der Waals surface area contributed by atoms with Crippen LogP contribution in [0.3, 0.4) is 0 Å². The molecule has 3 rings (SSSR count). The lowest BCUT2D eigenvalue weighted by molar-refractivity contribution is -0.127. The number of rotatable bonds is 6. The molecule has 130 valence electrons. The number of likely N-dealkylation sites (N-methyl/N-ethyl adjacent to an activating group) is 1. The number of aryl methyl sites for hydroxylation is 1. The predicted molar refractivity (Wildman–Crippen MR) is 95.0 cm³/mol. The first-order chi connectivity index (χ1) is 12.0. The van der Waals surface area contributed by atoms with Gasteiger partial charge < -0.3 is 10.2 Å². The molecule has 1 aromatic carbocycles. The van der Waals surface area contributed by atoms with Gasteiger partial charge in [-0.1, -0.05) is 18.2 Å². The Bertz CT molecular complexity index is 744. The fourth-order valence-electron chi connectivity index (χ4n) is 3.21. The number of carbonyl (C=O) groups excluding carboxylic acids is 2. The Labute approximate surface area is 147 Å². The van der Waals surface area contributed by atoms with E-state index in [4.69, 9.17) is 6.42 Å². The molecule has 6 nitrogen and oxygen atoms in total. The van der Waals surface area contributed by atoms with Crippen molar-refractivity contribution in [3.8, 4) is 12.3 Å². The molecule has 0 aromatic heterocycles. The molecule has 0 radical (unpaired) electrons. The second-order valence-electron chi connectivity index (χ2n) is 6.57. The summed E-state index contributed by atoms with van der Waals surface area (Å²) in [7, 11) is 1.75. The zero-order chi connectivity index (χ0) is 17.9. The smallest absolute Gasteiger partial charge is 0.249 e. The second kappa shape index (κ2) is 7.06. The summed E-state index contributed by atoms with van der Waals surface area (Å²) >= 11 is 0. The fraction of sp³-hybridized carbons (Fsp3) is 0.474. The second-order valence-corrected chi connectivity index (χ2v) is 6.57. The lowest BCUT2D eigenvalue weighted by atomic mass is 10.0. The minimum absolute atomic E-state index is 0.0823. The molecule has 0 saturated heterocycles. The standard InChI is InChI=1S/C19H22N4O2/c1-3-4-12-19(21-22-19)13-11-17(24)20-15-10-9-14-7-5-6-8-16(14)23(2)18(15)25/h1,5-8,15H,4,9-13H2,2H3,(H,20,24). The van der Waals surface area contributed by atoms with E-state index in [-0.39, 0.29) is 18.2 Å². The maximum absolute atomic E-state index is 12.7. The van der Waals surface area contributed by atoms with Gasteiger partial charge >= 0.3 is 0 Å². The molecule has 0 bridgehead atoms. The molecule has 2 aliphatic heterocycles. The topological polar surface area (TPSA) is 74.1 Å². The van der Waals surface area contributed by atoms with Gasteiger partial charge in [0.05, 0.1) is 0 Å². The van der Waals surface area contributed by atoms with E-state index in [0.717, 1.165) is 17.7 Å². The van der Waals surface area contributed by atoms with Crippen LogP contribution in [0.2, 0.25) is 0 Å². The van der Waals surface area contributed by atoms with Gasteiger partial charge in [0, 0.05) is 38.4 Å². The van der Waals surface area contributed by atoms with Crippen molar-refractivity contribution < 1.29 is 9.59 Å². The third kappa shape index (κ3) is 3.87. The number of nitrogens with zero attached hydrogens (tertiary/aromatic N) is 3. The number of hydrogen-bond acceptors (Lipinski definition) is 4. The van der Waals surface area contributed by atoms with Crippen molar-refractivity contribution in [2.75, 3.05) is 11.9 Å². The molecule has 1 N–H and O–H groups in total. The predicted octanol–water partition coefficient (Wildman–Crippen LogP) is 2.44. The highest BCUT2D eigenvalue weighted by atomic mass is 16.2. The Morgan fingerprint density at radius 2 is 2.16 bits per heavy atom. The monoisotopic (exact) mass is 338 g/mol. The number of fused-ring (bicyclic) bond motifs is 1. The molecule has 1 aromatic rings. The summed E-state index contributed by atoms with van der Waals surface area (Å²) in [6, 6.07) is 7.34. The summed E-state index contributed by atoms with van der Waals surface area (Å²) in [6.07, 6.45) is 8.73. The van der Waals surface area contributed by atoms with Gasteiger partial charge in [0.25, 0.3) is 0 Å². The molecule has 25 heavy (non-hydrogen) atoms. The highest BCUT2D eigenvalue weighted by Crippen LogP contribution is 2.37. The molecule has 2 amide bonds. The number of amides is 2. The maximum atomic E-state index is 12.7. The van der Waals surface area contributed by atoms with E-state index in [0.29, 0.717) is 25.7 Å². The van der Waals surface area contributed by atoms with Crippen molar-refractivity contribution in [1.29, 1.82) is 0 Å². The Morgan fingerprint density at radius 3 is 2.88 bits per heavy atom. The molecule has 6 heteroatoms. The molecule has 0 spiro atoms. The number of para-hydroxylation sites is 1. The number of nitrogens with one attached hydrogen (secondary N) is 1. The van der Waals surface area contributed by atoms with Crippen LogP contribution in [0.5, 0.6) is 0 Å². The summed E-state index contributed by atoms with van der Waals surface area (Å²) in [4.78, 5) is 26.6. The van der Waals surface area contributed by atoms with Crippen molar-refractivity contribution in [2.24, 2.45) is 10.2 Å². The highest BCUT2D eigenvalue weighted by Gasteiger charge is 2.39. The molecule has 0 aliphatic carbocycles. The van der Waals surface area contributed by atoms with Crippen LogP contribution in [-0.2, 0) is 16.0 Å². The average Bonchev–Trinajstić information content (AvgIpc) is 3.41. The Morgan fingerprint density at radius 1 is 1.40 bits per heavy atom. The molecule has 2 heterocycles. The zero-order valence-electron chi connectivity index (χ0n) is 14.4. The molecule has 0 fully saturated rings. The molecule has 0 saturated carbocycles. The molecular weight excluding hydrogens is 316 g/mol. The number of anilines is 1. The lowest BCUT2D eigenvalue weighted by Gasteiger charge is -2.22. The van der Waals surface area contributed by atoms with E-state index in [1.807, 2.05) is 24.3 Å². The number of terminal acetylenes is 1. The van der Waals surface area contributed by atoms with Crippen LogP contribution >= 0.6 is 0 Å². The van der Waals surface area contributed by atoms with Crippen LogP contribution in [-0.4, -0.2) is 30.6 Å². The van der Waals surface area contributed by atoms with E-state index < -0.39 is 11.7 Å².